The van der Waals surface area contributed by atoms with Gasteiger partial charge in [-0.3, -0.25) is 0 Å². The molecule has 104 valence electrons. The van der Waals surface area contributed by atoms with Crippen LogP contribution in [0.1, 0.15) is 12.8 Å². The third kappa shape index (κ3) is 2.55. The maximum Gasteiger partial charge on any atom is 0.142 e. The van der Waals surface area contributed by atoms with Crippen molar-refractivity contribution in [1.29, 1.82) is 0 Å². The molecule has 2 atom stereocenters. The standard InChI is InChI=1S/C15H22N2O2/c16-10-14(12-6-9-18-11-12)17-7-3-8-19-15-5-2-1-4-13(15)17/h1-2,4-5,12,14H,3,6-11,16H2. The fraction of sp³-hybridized carbons (Fsp3) is 0.600. The Balaban J connectivity index is 1.89. The van der Waals surface area contributed by atoms with Gasteiger partial charge >= 0.3 is 0 Å². The Bertz CT molecular complexity index is 418. The Labute approximate surface area is 114 Å². The summed E-state index contributed by atoms with van der Waals surface area (Å²) >= 11 is 0. The summed E-state index contributed by atoms with van der Waals surface area (Å²) in [5.74, 6) is 1.52. The second-order valence-corrected chi connectivity index (χ2v) is 5.29. The Morgan fingerprint density at radius 2 is 2.21 bits per heavy atom. The number of nitrogens with two attached hydrogens (primary N) is 1. The molecule has 4 heteroatoms. The van der Waals surface area contributed by atoms with E-state index in [9.17, 15) is 0 Å². The number of ether oxygens (including phenoxy) is 2. The molecule has 2 aliphatic rings. The molecule has 2 heterocycles. The van der Waals surface area contributed by atoms with E-state index in [2.05, 4.69) is 17.0 Å². The molecular formula is C15H22N2O2. The van der Waals surface area contributed by atoms with E-state index in [1.165, 1.54) is 5.69 Å². The van der Waals surface area contributed by atoms with Crippen molar-refractivity contribution >= 4 is 5.69 Å². The minimum absolute atomic E-state index is 0.352. The Morgan fingerprint density at radius 3 is 3.00 bits per heavy atom. The third-order valence-electron chi connectivity index (χ3n) is 4.13. The van der Waals surface area contributed by atoms with Crippen molar-refractivity contribution in [2.24, 2.45) is 11.7 Å². The van der Waals surface area contributed by atoms with Crippen molar-refractivity contribution in [2.45, 2.75) is 18.9 Å². The minimum atomic E-state index is 0.352. The van der Waals surface area contributed by atoms with Crippen LogP contribution >= 0.6 is 0 Å². The number of para-hydroxylation sites is 2. The molecule has 2 unspecified atom stereocenters. The Kier molecular flexibility index (Phi) is 3.89. The van der Waals surface area contributed by atoms with E-state index in [0.717, 1.165) is 45.0 Å². The molecule has 1 aromatic carbocycles. The van der Waals surface area contributed by atoms with Gasteiger partial charge in [0.1, 0.15) is 5.75 Å². The van der Waals surface area contributed by atoms with E-state index < -0.39 is 0 Å². The normalized spacial score (nSPS) is 24.5. The molecule has 0 radical (unpaired) electrons. The van der Waals surface area contributed by atoms with Crippen LogP contribution in [0.4, 0.5) is 5.69 Å². The lowest BCUT2D eigenvalue weighted by molar-refractivity contribution is 0.180. The monoisotopic (exact) mass is 262 g/mol. The van der Waals surface area contributed by atoms with E-state index in [-0.39, 0.29) is 0 Å². The molecule has 1 fully saturated rings. The molecule has 2 N–H and O–H groups in total. The van der Waals surface area contributed by atoms with Crippen molar-refractivity contribution in [2.75, 3.05) is 37.8 Å². The van der Waals surface area contributed by atoms with E-state index >= 15 is 0 Å². The molecule has 0 amide bonds. The van der Waals surface area contributed by atoms with Gasteiger partial charge in [0.2, 0.25) is 0 Å². The highest BCUT2D eigenvalue weighted by Crippen LogP contribution is 2.34. The average Bonchev–Trinajstić information content (AvgIpc) is 2.88. The fourth-order valence-corrected chi connectivity index (χ4v) is 3.13. The number of hydrogen-bond acceptors (Lipinski definition) is 4. The summed E-state index contributed by atoms with van der Waals surface area (Å²) in [4.78, 5) is 2.43. The molecule has 1 aromatic rings. The first-order valence-corrected chi connectivity index (χ1v) is 7.16. The second kappa shape index (κ2) is 5.80. The predicted octanol–water partition coefficient (Wildman–Crippen LogP) is 1.64. The molecule has 4 nitrogen and oxygen atoms in total. The zero-order chi connectivity index (χ0) is 13.1. The summed E-state index contributed by atoms with van der Waals surface area (Å²) in [5.41, 5.74) is 7.24. The van der Waals surface area contributed by atoms with Gasteiger partial charge in [-0.25, -0.2) is 0 Å². The quantitative estimate of drug-likeness (QED) is 0.899. The second-order valence-electron chi connectivity index (χ2n) is 5.29. The van der Waals surface area contributed by atoms with Gasteiger partial charge in [0, 0.05) is 31.7 Å². The lowest BCUT2D eigenvalue weighted by atomic mass is 9.96. The molecule has 0 bridgehead atoms. The molecule has 0 spiro atoms. The number of hydrogen-bond donors (Lipinski definition) is 1. The molecule has 0 saturated carbocycles. The van der Waals surface area contributed by atoms with Gasteiger partial charge in [-0.15, -0.1) is 0 Å². The molecular weight excluding hydrogens is 240 g/mol. The minimum Gasteiger partial charge on any atom is -0.491 e. The van der Waals surface area contributed by atoms with E-state index in [4.69, 9.17) is 15.2 Å². The zero-order valence-corrected chi connectivity index (χ0v) is 11.3. The maximum atomic E-state index is 6.05. The highest BCUT2D eigenvalue weighted by atomic mass is 16.5. The van der Waals surface area contributed by atoms with Gasteiger partial charge in [0.15, 0.2) is 0 Å². The number of rotatable bonds is 3. The van der Waals surface area contributed by atoms with Gasteiger partial charge in [-0.1, -0.05) is 12.1 Å². The number of anilines is 1. The summed E-state index contributed by atoms with van der Waals surface area (Å²) in [6.45, 7) is 4.16. The van der Waals surface area contributed by atoms with Gasteiger partial charge in [0.05, 0.1) is 18.9 Å². The first-order valence-electron chi connectivity index (χ1n) is 7.16. The van der Waals surface area contributed by atoms with Crippen molar-refractivity contribution < 1.29 is 9.47 Å². The summed E-state index contributed by atoms with van der Waals surface area (Å²) in [5, 5.41) is 0. The SMILES string of the molecule is NCC(C1CCOC1)N1CCCOc2ccccc21. The predicted molar refractivity (Wildman–Crippen MR) is 75.7 cm³/mol. The first-order chi connectivity index (χ1) is 9.40. The molecule has 0 aliphatic carbocycles. The van der Waals surface area contributed by atoms with Gasteiger partial charge in [0.25, 0.3) is 0 Å². The van der Waals surface area contributed by atoms with Gasteiger partial charge in [-0.05, 0) is 25.0 Å². The molecule has 2 aliphatic heterocycles. The smallest absolute Gasteiger partial charge is 0.142 e. The number of fused-ring (bicyclic) bond motifs is 1. The highest BCUT2D eigenvalue weighted by Gasteiger charge is 2.31. The first kappa shape index (κ1) is 12.8. The van der Waals surface area contributed by atoms with Crippen molar-refractivity contribution in [1.82, 2.24) is 0 Å². The van der Waals surface area contributed by atoms with Gasteiger partial charge < -0.3 is 20.1 Å². The van der Waals surface area contributed by atoms with Gasteiger partial charge in [-0.2, -0.15) is 0 Å². The number of nitrogens with zero attached hydrogens (tertiary/aromatic N) is 1. The number of benzene rings is 1. The summed E-state index contributed by atoms with van der Waals surface area (Å²) in [6.07, 6.45) is 2.15. The van der Waals surface area contributed by atoms with Crippen LogP contribution in [0.3, 0.4) is 0 Å². The summed E-state index contributed by atoms with van der Waals surface area (Å²) in [7, 11) is 0. The maximum absolute atomic E-state index is 6.05. The van der Waals surface area contributed by atoms with Crippen LogP contribution in [0, 0.1) is 5.92 Å². The fourth-order valence-electron chi connectivity index (χ4n) is 3.13. The van der Waals surface area contributed by atoms with Crippen LogP contribution in [-0.4, -0.2) is 39.0 Å². The van der Waals surface area contributed by atoms with Crippen molar-refractivity contribution in [3.05, 3.63) is 24.3 Å². The molecule has 3 rings (SSSR count). The highest BCUT2D eigenvalue weighted by molar-refractivity contribution is 5.59. The largest absolute Gasteiger partial charge is 0.491 e. The average molecular weight is 262 g/mol. The van der Waals surface area contributed by atoms with Crippen LogP contribution in [0.25, 0.3) is 0 Å². The van der Waals surface area contributed by atoms with Crippen molar-refractivity contribution in [3.8, 4) is 5.75 Å². The van der Waals surface area contributed by atoms with Crippen molar-refractivity contribution in [3.63, 3.8) is 0 Å². The van der Waals surface area contributed by atoms with Crippen LogP contribution in [0.5, 0.6) is 5.75 Å². The third-order valence-corrected chi connectivity index (χ3v) is 4.13. The van der Waals surface area contributed by atoms with Crippen LogP contribution in [0.15, 0.2) is 24.3 Å². The Hall–Kier alpha value is -1.26. The molecule has 19 heavy (non-hydrogen) atoms. The van der Waals surface area contributed by atoms with Crippen LogP contribution in [-0.2, 0) is 4.74 Å². The lowest BCUT2D eigenvalue weighted by Gasteiger charge is -2.35. The van der Waals surface area contributed by atoms with E-state index in [1.807, 2.05) is 12.1 Å². The topological polar surface area (TPSA) is 47.7 Å². The van der Waals surface area contributed by atoms with E-state index in [0.29, 0.717) is 18.5 Å². The van der Waals surface area contributed by atoms with Crippen LogP contribution < -0.4 is 15.4 Å². The molecule has 0 aromatic heterocycles. The van der Waals surface area contributed by atoms with Crippen LogP contribution in [0.2, 0.25) is 0 Å². The molecule has 1 saturated heterocycles. The lowest BCUT2D eigenvalue weighted by Crippen LogP contribution is -2.46. The summed E-state index contributed by atoms with van der Waals surface area (Å²) in [6, 6.07) is 8.63. The summed E-state index contributed by atoms with van der Waals surface area (Å²) < 4.78 is 11.4. The Morgan fingerprint density at radius 1 is 1.32 bits per heavy atom. The van der Waals surface area contributed by atoms with E-state index in [1.54, 1.807) is 0 Å². The zero-order valence-electron chi connectivity index (χ0n) is 11.3.